The highest BCUT2D eigenvalue weighted by atomic mass is 16.4. The number of fused-ring (bicyclic) bond motifs is 1. The lowest BCUT2D eigenvalue weighted by atomic mass is 9.76. The monoisotopic (exact) mass is 243 g/mol. The van der Waals surface area contributed by atoms with Gasteiger partial charge in [0.05, 0.1) is 6.26 Å². The average Bonchev–Trinajstić information content (AvgIpc) is 3.06. The van der Waals surface area contributed by atoms with Crippen LogP contribution in [0.5, 0.6) is 0 Å². The summed E-state index contributed by atoms with van der Waals surface area (Å²) in [6.07, 6.45) is 2.74. The van der Waals surface area contributed by atoms with E-state index in [0.717, 1.165) is 18.4 Å². The lowest BCUT2D eigenvalue weighted by Crippen LogP contribution is -2.39. The highest BCUT2D eigenvalue weighted by molar-refractivity contribution is 5.42. The molecule has 0 amide bonds. The second-order valence-electron chi connectivity index (χ2n) is 4.94. The van der Waals surface area contributed by atoms with Crippen LogP contribution in [0.25, 0.3) is 0 Å². The Morgan fingerprint density at radius 3 is 2.83 bits per heavy atom. The first-order valence-corrected chi connectivity index (χ1v) is 6.28. The van der Waals surface area contributed by atoms with E-state index in [2.05, 4.69) is 12.1 Å². The zero-order valence-electron chi connectivity index (χ0n) is 10.2. The van der Waals surface area contributed by atoms with Crippen LogP contribution in [-0.2, 0) is 11.8 Å². The highest BCUT2D eigenvalue weighted by Gasteiger charge is 2.45. The first-order chi connectivity index (χ1) is 8.78. The second-order valence-corrected chi connectivity index (χ2v) is 4.94. The van der Waals surface area contributed by atoms with Crippen molar-refractivity contribution < 1.29 is 9.52 Å². The van der Waals surface area contributed by atoms with Gasteiger partial charge in [0.2, 0.25) is 0 Å². The maximum absolute atomic E-state index is 10.6. The molecule has 0 radical (unpaired) electrons. The van der Waals surface area contributed by atoms with Crippen LogP contribution in [-0.4, -0.2) is 11.7 Å². The fourth-order valence-electron chi connectivity index (χ4n) is 3.04. The van der Waals surface area contributed by atoms with E-state index < -0.39 is 11.5 Å². The van der Waals surface area contributed by atoms with Gasteiger partial charge in [0, 0.05) is 12.0 Å². The van der Waals surface area contributed by atoms with Crippen LogP contribution in [0.15, 0.2) is 47.1 Å². The van der Waals surface area contributed by atoms with Gasteiger partial charge >= 0.3 is 0 Å². The standard InChI is InChI=1S/C15H17NO2/c16-10-15(14(17)13-6-3-9-18-13)8-7-11-4-1-2-5-12(11)15/h1-6,9,14,17H,7-8,10,16H2. The molecule has 1 aromatic heterocycles. The first-order valence-electron chi connectivity index (χ1n) is 6.28. The molecular formula is C15H17NO2. The minimum absolute atomic E-state index is 0.408. The van der Waals surface area contributed by atoms with Crippen molar-refractivity contribution in [1.82, 2.24) is 0 Å². The number of nitrogens with two attached hydrogens (primary N) is 1. The SMILES string of the molecule is NCC1(C(O)c2ccco2)CCc2ccccc21. The smallest absolute Gasteiger partial charge is 0.133 e. The molecule has 2 aromatic rings. The summed E-state index contributed by atoms with van der Waals surface area (Å²) < 4.78 is 5.34. The van der Waals surface area contributed by atoms with Gasteiger partial charge in [0.15, 0.2) is 0 Å². The summed E-state index contributed by atoms with van der Waals surface area (Å²) in [7, 11) is 0. The molecule has 1 heterocycles. The van der Waals surface area contributed by atoms with Crippen molar-refractivity contribution in [2.75, 3.05) is 6.54 Å². The number of benzene rings is 1. The average molecular weight is 243 g/mol. The lowest BCUT2D eigenvalue weighted by Gasteiger charge is -2.33. The number of hydrogen-bond acceptors (Lipinski definition) is 3. The zero-order valence-corrected chi connectivity index (χ0v) is 10.2. The lowest BCUT2D eigenvalue weighted by molar-refractivity contribution is 0.0637. The van der Waals surface area contributed by atoms with Gasteiger partial charge < -0.3 is 15.3 Å². The van der Waals surface area contributed by atoms with Crippen LogP contribution in [0, 0.1) is 0 Å². The maximum atomic E-state index is 10.6. The quantitative estimate of drug-likeness (QED) is 0.868. The summed E-state index contributed by atoms with van der Waals surface area (Å²) in [5.41, 5.74) is 8.03. The normalized spacial score (nSPS) is 23.9. The van der Waals surface area contributed by atoms with Crippen LogP contribution in [0.3, 0.4) is 0 Å². The molecule has 0 saturated carbocycles. The number of aryl methyl sites for hydroxylation is 1. The van der Waals surface area contributed by atoms with Gasteiger partial charge in [-0.25, -0.2) is 0 Å². The molecule has 0 fully saturated rings. The Kier molecular flexibility index (Phi) is 2.73. The predicted octanol–water partition coefficient (Wildman–Crippen LogP) is 2.16. The van der Waals surface area contributed by atoms with Gasteiger partial charge in [-0.2, -0.15) is 0 Å². The van der Waals surface area contributed by atoms with Crippen molar-refractivity contribution in [2.24, 2.45) is 5.73 Å². The Labute approximate surface area is 106 Å². The minimum Gasteiger partial charge on any atom is -0.467 e. The summed E-state index contributed by atoms with van der Waals surface area (Å²) in [6, 6.07) is 11.8. The van der Waals surface area contributed by atoms with Crippen LogP contribution >= 0.6 is 0 Å². The van der Waals surface area contributed by atoms with Crippen molar-refractivity contribution in [3.8, 4) is 0 Å². The van der Waals surface area contributed by atoms with Crippen LogP contribution in [0.4, 0.5) is 0 Å². The second kappa shape index (κ2) is 4.26. The molecule has 0 saturated heterocycles. The largest absolute Gasteiger partial charge is 0.467 e. The molecule has 2 unspecified atom stereocenters. The number of aliphatic hydroxyl groups excluding tert-OH is 1. The Bertz CT molecular complexity index is 535. The first kappa shape index (κ1) is 11.5. The van der Waals surface area contributed by atoms with E-state index in [1.54, 1.807) is 12.3 Å². The number of aliphatic hydroxyl groups is 1. The molecule has 3 heteroatoms. The summed E-state index contributed by atoms with van der Waals surface area (Å²) in [4.78, 5) is 0. The molecule has 3 nitrogen and oxygen atoms in total. The molecule has 94 valence electrons. The zero-order chi connectivity index (χ0) is 12.6. The maximum Gasteiger partial charge on any atom is 0.133 e. The van der Waals surface area contributed by atoms with Crippen molar-refractivity contribution >= 4 is 0 Å². The summed E-state index contributed by atoms with van der Waals surface area (Å²) in [5.74, 6) is 0.595. The third kappa shape index (κ3) is 1.51. The van der Waals surface area contributed by atoms with E-state index in [1.807, 2.05) is 18.2 Å². The van der Waals surface area contributed by atoms with Gasteiger partial charge in [0.1, 0.15) is 11.9 Å². The van der Waals surface area contributed by atoms with E-state index in [1.165, 1.54) is 5.56 Å². The molecule has 1 aromatic carbocycles. The van der Waals surface area contributed by atoms with E-state index >= 15 is 0 Å². The van der Waals surface area contributed by atoms with Crippen LogP contribution in [0.2, 0.25) is 0 Å². The topological polar surface area (TPSA) is 59.4 Å². The molecule has 3 N–H and O–H groups in total. The minimum atomic E-state index is -0.679. The van der Waals surface area contributed by atoms with Gasteiger partial charge in [-0.3, -0.25) is 0 Å². The third-order valence-corrected chi connectivity index (χ3v) is 4.09. The molecule has 2 atom stereocenters. The van der Waals surface area contributed by atoms with Crippen molar-refractivity contribution in [3.63, 3.8) is 0 Å². The van der Waals surface area contributed by atoms with Crippen molar-refractivity contribution in [1.29, 1.82) is 0 Å². The van der Waals surface area contributed by atoms with Gasteiger partial charge in [-0.15, -0.1) is 0 Å². The Hall–Kier alpha value is -1.58. The van der Waals surface area contributed by atoms with E-state index in [4.69, 9.17) is 10.2 Å². The summed E-state index contributed by atoms with van der Waals surface area (Å²) in [5, 5.41) is 10.6. The fraction of sp³-hybridized carbons (Fsp3) is 0.333. The van der Waals surface area contributed by atoms with Crippen LogP contribution < -0.4 is 5.73 Å². The van der Waals surface area contributed by atoms with E-state index in [9.17, 15) is 5.11 Å². The molecule has 1 aliphatic rings. The van der Waals surface area contributed by atoms with E-state index in [0.29, 0.717) is 12.3 Å². The Morgan fingerprint density at radius 1 is 1.28 bits per heavy atom. The van der Waals surface area contributed by atoms with Crippen molar-refractivity contribution in [2.45, 2.75) is 24.4 Å². The number of furan rings is 1. The molecular weight excluding hydrogens is 226 g/mol. The molecule has 18 heavy (non-hydrogen) atoms. The molecule has 0 spiro atoms. The van der Waals surface area contributed by atoms with Crippen molar-refractivity contribution in [3.05, 3.63) is 59.5 Å². The predicted molar refractivity (Wildman–Crippen MR) is 69.2 cm³/mol. The van der Waals surface area contributed by atoms with E-state index in [-0.39, 0.29) is 0 Å². The number of hydrogen-bond donors (Lipinski definition) is 2. The Balaban J connectivity index is 2.07. The molecule has 3 rings (SSSR count). The molecule has 0 bridgehead atoms. The number of rotatable bonds is 3. The highest BCUT2D eigenvalue weighted by Crippen LogP contribution is 2.46. The fourth-order valence-corrected chi connectivity index (χ4v) is 3.04. The third-order valence-electron chi connectivity index (χ3n) is 4.09. The molecule has 1 aliphatic carbocycles. The Morgan fingerprint density at radius 2 is 2.11 bits per heavy atom. The van der Waals surface area contributed by atoms with Crippen LogP contribution in [0.1, 0.15) is 29.4 Å². The van der Waals surface area contributed by atoms with Gasteiger partial charge in [0.25, 0.3) is 0 Å². The van der Waals surface area contributed by atoms with Gasteiger partial charge in [-0.1, -0.05) is 24.3 Å². The van der Waals surface area contributed by atoms with Gasteiger partial charge in [-0.05, 0) is 36.1 Å². The summed E-state index contributed by atoms with van der Waals surface area (Å²) in [6.45, 7) is 0.423. The summed E-state index contributed by atoms with van der Waals surface area (Å²) >= 11 is 0. The molecule has 0 aliphatic heterocycles.